The van der Waals surface area contributed by atoms with Crippen LogP contribution in [-0.4, -0.2) is 283 Å². The van der Waals surface area contributed by atoms with Gasteiger partial charge in [0.15, 0.2) is 23.3 Å². The van der Waals surface area contributed by atoms with Gasteiger partial charge in [-0.2, -0.15) is 45.9 Å². The van der Waals surface area contributed by atoms with Crippen molar-refractivity contribution in [2.45, 2.75) is 58.0 Å². The third-order valence-corrected chi connectivity index (χ3v) is 27.4. The average Bonchev–Trinajstić information content (AvgIpc) is 1.64. The van der Waals surface area contributed by atoms with Gasteiger partial charge in [-0.05, 0) is 291 Å². The molecule has 754 valence electrons. The summed E-state index contributed by atoms with van der Waals surface area (Å²) in [6.45, 7) is 22.5. The van der Waals surface area contributed by atoms with Crippen LogP contribution < -0.4 is 46.2 Å². The minimum Gasteiger partial charge on any atom is -0.507 e. The van der Waals surface area contributed by atoms with E-state index < -0.39 is 0 Å². The van der Waals surface area contributed by atoms with Crippen LogP contribution >= 0.6 is 0 Å². The SMILES string of the molecule is CC1CN(c2ccc(-c3ccc(-n4cccn4)cc3O)nn2)CC(C)N1.CN1CCC2(CCN(c3ccc(-c4ccc(-n5cccn5)cc4O)nn3)C2)C1.Oc1cc(-n2cccn2)ccc1-c1ccc(CC2CNC2)nn1.Oc1cc(-n2cccn2)ccc1-c1ccc(N2CCCNCC2)nn1.Oc1cc(-n2cccn2)ccc1-c1ccc(N2CCNCC2)nn1.Oc1cc2ccccc2cc1-c1ccc(CC2CNC2)nn1. The number of hydrogen-bond acceptors (Lipinski definition) is 33. The zero-order chi connectivity index (χ0) is 101. The smallest absolute Gasteiger partial charge is 0.151 e. The van der Waals surface area contributed by atoms with Gasteiger partial charge in [0, 0.05) is 222 Å². The number of rotatable bonds is 19. The Balaban J connectivity index is 0.000000108. The van der Waals surface area contributed by atoms with Gasteiger partial charge in [-0.15, -0.1) is 40.8 Å². The molecular formula is C110H118N32O6. The summed E-state index contributed by atoms with van der Waals surface area (Å²) in [6, 6.07) is 72.3. The number of aromatic hydroxyl groups is 6. The van der Waals surface area contributed by atoms with Gasteiger partial charge in [-0.3, -0.25) is 0 Å². The second-order valence-corrected chi connectivity index (χ2v) is 38.2. The van der Waals surface area contributed by atoms with Crippen LogP contribution in [-0.2, 0) is 12.8 Å². The Morgan fingerprint density at radius 1 is 0.297 bits per heavy atom. The quantitative estimate of drug-likeness (QED) is 0.0358. The lowest BCUT2D eigenvalue weighted by molar-refractivity contribution is 0.312. The molecule has 25 rings (SSSR count). The van der Waals surface area contributed by atoms with Crippen LogP contribution in [0, 0.1) is 17.3 Å². The minimum absolute atomic E-state index is 0.157. The Kier molecular flexibility index (Phi) is 30.6. The van der Waals surface area contributed by atoms with Crippen molar-refractivity contribution in [2.75, 3.05) is 144 Å². The highest BCUT2D eigenvalue weighted by Crippen LogP contribution is 2.42. The Morgan fingerprint density at radius 3 is 0.953 bits per heavy atom. The number of fused-ring (bicyclic) bond motifs is 1. The summed E-state index contributed by atoms with van der Waals surface area (Å²) >= 11 is 0. The van der Waals surface area contributed by atoms with Gasteiger partial charge in [0.05, 0.1) is 74.0 Å². The third-order valence-electron chi connectivity index (χ3n) is 27.4. The van der Waals surface area contributed by atoms with Crippen molar-refractivity contribution >= 4 is 34.0 Å². The molecule has 7 saturated heterocycles. The molecule has 38 nitrogen and oxygen atoms in total. The first kappa shape index (κ1) is 98.5. The molecule has 1 spiro atoms. The van der Waals surface area contributed by atoms with Crippen molar-refractivity contribution in [2.24, 2.45) is 17.3 Å². The fourth-order valence-electron chi connectivity index (χ4n) is 19.4. The van der Waals surface area contributed by atoms with Crippen LogP contribution in [0.1, 0.15) is 44.5 Å². The molecule has 0 saturated carbocycles. The number of nitrogens with one attached hydrogen (secondary N) is 5. The van der Waals surface area contributed by atoms with Crippen molar-refractivity contribution < 1.29 is 30.6 Å². The molecule has 0 radical (unpaired) electrons. The number of hydrogen-bond donors (Lipinski definition) is 11. The fraction of sp³-hybridized carbons (Fsp3) is 0.282. The van der Waals surface area contributed by atoms with E-state index in [1.165, 1.54) is 25.9 Å². The van der Waals surface area contributed by atoms with Crippen LogP contribution in [0.25, 0.3) is 107 Å². The number of phenolic OH excluding ortho intramolecular Hbond substituents is 6. The normalized spacial score (nSPS) is 17.2. The Morgan fingerprint density at radius 2 is 0.628 bits per heavy atom. The molecule has 0 bridgehead atoms. The van der Waals surface area contributed by atoms with E-state index in [9.17, 15) is 30.6 Å². The molecule has 148 heavy (non-hydrogen) atoms. The summed E-state index contributed by atoms with van der Waals surface area (Å²) in [5.74, 6) is 5.92. The summed E-state index contributed by atoms with van der Waals surface area (Å²) in [4.78, 5) is 11.4. The summed E-state index contributed by atoms with van der Waals surface area (Å²) in [5, 5.41) is 154. The fourth-order valence-corrected chi connectivity index (χ4v) is 19.4. The van der Waals surface area contributed by atoms with E-state index in [-0.39, 0.29) is 34.5 Å². The second-order valence-electron chi connectivity index (χ2n) is 38.2. The molecule has 7 aromatic carbocycles. The molecule has 18 aromatic rings. The van der Waals surface area contributed by atoms with E-state index in [1.807, 2.05) is 225 Å². The van der Waals surface area contributed by atoms with Crippen molar-refractivity contribution in [3.05, 3.63) is 304 Å². The number of benzene rings is 7. The Labute approximate surface area is 855 Å². The number of piperazine rings is 2. The van der Waals surface area contributed by atoms with E-state index in [0.29, 0.717) is 91.3 Å². The molecule has 7 aliphatic rings. The average molecular weight is 1980 g/mol. The second kappa shape index (κ2) is 46.0. The molecule has 0 amide bonds. The van der Waals surface area contributed by atoms with Crippen molar-refractivity contribution in [1.82, 2.24) is 142 Å². The lowest BCUT2D eigenvalue weighted by Gasteiger charge is -2.36. The molecule has 3 unspecified atom stereocenters. The van der Waals surface area contributed by atoms with Gasteiger partial charge < -0.3 is 81.7 Å². The molecule has 7 fully saturated rings. The minimum atomic E-state index is 0.157. The number of likely N-dealkylation sites (tertiary alicyclic amines) is 1. The standard InChI is InChI=1S/C21H24N6O.C19H22N6O.C18H20N6O.C18H17N3O.C17H18N6O.C17H17N5O/c1-25-11-7-21(14-25)8-12-26(15-21)20-6-5-18(23-24-20)17-4-3-16(13-19(17)28)27-10-2-9-22-27;1-13-11-24(12-14(2)21-13)19-7-6-17(22-23-19)16-5-4-15(10-18(16)26)25-9-3-8-20-25;25-17-13-14(24-11-2-8-20-24)3-4-15(17)16-5-6-18(22-21-16)23-10-1-7-19-9-12-23;22-18-9-14-4-2-1-3-13(14)8-16(18)17-6-5-15(20-21-17)7-12-10-19-11-12;24-16-12-13(23-9-1-6-19-23)2-3-14(16)15-4-5-17(21-20-15)22-10-7-18-8-11-22;23-17-9-14(22-7-1-6-19-22)3-4-15(17)16-5-2-13(20-21-16)8-12-10-18-11-12/h2-6,9-10,13,28H,7-8,11-12,14-15H2,1H3;3-10,13-14,21,26H,11-12H2,1-2H3;2-6,8,11,13,19,25H,1,7,9-10,12H2;1-6,8-9,12,19,22H,7,10-11H2;1-6,9,12,18,24H,7-8,10-11H2;1-7,9,12,18,23H,8,10-11H2. The predicted octanol–water partition coefficient (Wildman–Crippen LogP) is 12.6. The maximum Gasteiger partial charge on any atom is 0.151 e. The molecular weight excluding hydrogens is 1870 g/mol. The maximum absolute atomic E-state index is 10.5. The van der Waals surface area contributed by atoms with E-state index >= 15 is 0 Å². The van der Waals surface area contributed by atoms with Crippen LogP contribution in [0.2, 0.25) is 0 Å². The largest absolute Gasteiger partial charge is 0.507 e. The van der Waals surface area contributed by atoms with Gasteiger partial charge in [-0.25, -0.2) is 23.4 Å². The van der Waals surface area contributed by atoms with Gasteiger partial charge in [0.1, 0.15) is 34.5 Å². The lowest BCUT2D eigenvalue weighted by Crippen LogP contribution is -2.54. The predicted molar refractivity (Wildman–Crippen MR) is 568 cm³/mol. The van der Waals surface area contributed by atoms with Crippen molar-refractivity contribution in [1.29, 1.82) is 0 Å². The number of nitrogens with zero attached hydrogens (tertiary/aromatic N) is 27. The van der Waals surface area contributed by atoms with Crippen LogP contribution in [0.4, 0.5) is 23.3 Å². The monoisotopic (exact) mass is 1980 g/mol. The summed E-state index contributed by atoms with van der Waals surface area (Å²) in [7, 11) is 2.20. The van der Waals surface area contributed by atoms with E-state index in [1.54, 1.807) is 90.8 Å². The summed E-state index contributed by atoms with van der Waals surface area (Å²) in [6.07, 6.45) is 23.2. The van der Waals surface area contributed by atoms with Gasteiger partial charge >= 0.3 is 0 Å². The highest BCUT2D eigenvalue weighted by atomic mass is 16.3. The van der Waals surface area contributed by atoms with Crippen LogP contribution in [0.3, 0.4) is 0 Å². The first-order valence-corrected chi connectivity index (χ1v) is 50.1. The molecule has 3 atom stereocenters. The highest BCUT2D eigenvalue weighted by molar-refractivity contribution is 5.90. The Hall–Kier alpha value is -16.9. The van der Waals surface area contributed by atoms with E-state index in [0.717, 1.165) is 203 Å². The number of anilines is 4. The van der Waals surface area contributed by atoms with Gasteiger partial charge in [0.2, 0.25) is 0 Å². The molecule has 38 heteroatoms. The zero-order valence-corrected chi connectivity index (χ0v) is 82.5. The third kappa shape index (κ3) is 24.0. The molecule has 7 aliphatic heterocycles. The summed E-state index contributed by atoms with van der Waals surface area (Å²) < 4.78 is 8.51. The number of phenols is 6. The van der Waals surface area contributed by atoms with Gasteiger partial charge in [-0.1, -0.05) is 24.3 Å². The topological polar surface area (TPSA) is 442 Å². The number of aromatic nitrogens is 22. The van der Waals surface area contributed by atoms with E-state index in [4.69, 9.17) is 0 Å². The molecule has 11 aromatic heterocycles. The first-order chi connectivity index (χ1) is 72.4. The van der Waals surface area contributed by atoms with E-state index in [2.05, 4.69) is 159 Å². The summed E-state index contributed by atoms with van der Waals surface area (Å²) in [5.41, 5.74) is 14.5. The van der Waals surface area contributed by atoms with Crippen molar-refractivity contribution in [3.63, 3.8) is 0 Å². The van der Waals surface area contributed by atoms with Crippen LogP contribution in [0.5, 0.6) is 34.5 Å². The zero-order valence-electron chi connectivity index (χ0n) is 82.5. The first-order valence-electron chi connectivity index (χ1n) is 50.1. The molecule has 0 aliphatic carbocycles. The molecule has 18 heterocycles. The van der Waals surface area contributed by atoms with Crippen LogP contribution in [0.15, 0.2) is 292 Å². The van der Waals surface area contributed by atoms with Crippen molar-refractivity contribution in [3.8, 4) is 130 Å². The Bertz CT molecular complexity index is 7340. The lowest BCUT2D eigenvalue weighted by atomic mass is 9.86. The molecule has 11 N–H and O–H groups in total. The van der Waals surface area contributed by atoms with Gasteiger partial charge in [0.25, 0.3) is 0 Å². The highest BCUT2D eigenvalue weighted by Gasteiger charge is 2.43. The maximum atomic E-state index is 10.5.